The molecule has 0 unspecified atom stereocenters. The van der Waals surface area contributed by atoms with Crippen molar-refractivity contribution in [2.75, 3.05) is 10.6 Å². The standard InChI is InChI=1S/C19H22N6/c1-13-12-17(25-24-13)22-18-15-10-6-3-7-11-16(15)21-19(23-18)20-14-8-4-2-5-9-14/h2,4-5,8-9,12H,3,6-7,10-11H2,1H3,(H3,20,21,22,23,24,25). The van der Waals surface area contributed by atoms with Gasteiger partial charge < -0.3 is 10.6 Å². The average Bonchev–Trinajstić information content (AvgIpc) is 2.88. The number of H-pyrrole nitrogens is 1. The molecule has 3 N–H and O–H groups in total. The van der Waals surface area contributed by atoms with E-state index in [0.29, 0.717) is 5.95 Å². The molecule has 25 heavy (non-hydrogen) atoms. The summed E-state index contributed by atoms with van der Waals surface area (Å²) in [6.07, 6.45) is 5.59. The molecule has 0 saturated carbocycles. The largest absolute Gasteiger partial charge is 0.324 e. The van der Waals surface area contributed by atoms with Gasteiger partial charge in [0.05, 0.1) is 5.69 Å². The highest BCUT2D eigenvalue weighted by Crippen LogP contribution is 2.28. The summed E-state index contributed by atoms with van der Waals surface area (Å²) < 4.78 is 0. The number of nitrogens with one attached hydrogen (secondary N) is 3. The van der Waals surface area contributed by atoms with E-state index in [-0.39, 0.29) is 0 Å². The quantitative estimate of drug-likeness (QED) is 0.621. The number of aromatic nitrogens is 4. The fourth-order valence-corrected chi connectivity index (χ4v) is 3.18. The third-order valence-electron chi connectivity index (χ3n) is 4.42. The van der Waals surface area contributed by atoms with Crippen LogP contribution in [-0.2, 0) is 12.8 Å². The number of rotatable bonds is 4. The summed E-state index contributed by atoms with van der Waals surface area (Å²) in [6.45, 7) is 1.99. The Kier molecular flexibility index (Phi) is 4.33. The zero-order valence-corrected chi connectivity index (χ0v) is 14.3. The zero-order valence-electron chi connectivity index (χ0n) is 14.3. The Morgan fingerprint density at radius 2 is 1.80 bits per heavy atom. The smallest absolute Gasteiger partial charge is 0.229 e. The van der Waals surface area contributed by atoms with Crippen LogP contribution in [0, 0.1) is 6.92 Å². The molecule has 1 aromatic carbocycles. The molecule has 0 radical (unpaired) electrons. The van der Waals surface area contributed by atoms with E-state index in [0.717, 1.165) is 41.6 Å². The van der Waals surface area contributed by atoms with Crippen LogP contribution in [0.4, 0.5) is 23.3 Å². The van der Waals surface area contributed by atoms with Gasteiger partial charge in [-0.15, -0.1) is 0 Å². The van der Waals surface area contributed by atoms with Crippen LogP contribution in [0.2, 0.25) is 0 Å². The van der Waals surface area contributed by atoms with Gasteiger partial charge in [-0.25, -0.2) is 4.98 Å². The lowest BCUT2D eigenvalue weighted by Crippen LogP contribution is -2.08. The molecule has 0 amide bonds. The van der Waals surface area contributed by atoms with Crippen molar-refractivity contribution in [2.45, 2.75) is 39.0 Å². The van der Waals surface area contributed by atoms with Gasteiger partial charge in [-0.2, -0.15) is 10.1 Å². The highest BCUT2D eigenvalue weighted by Gasteiger charge is 2.17. The van der Waals surface area contributed by atoms with Crippen molar-refractivity contribution in [1.29, 1.82) is 0 Å². The second-order valence-electron chi connectivity index (χ2n) is 6.43. The molecule has 128 valence electrons. The molecular weight excluding hydrogens is 312 g/mol. The maximum Gasteiger partial charge on any atom is 0.229 e. The third-order valence-corrected chi connectivity index (χ3v) is 4.42. The number of nitrogens with zero attached hydrogens (tertiary/aromatic N) is 3. The highest BCUT2D eigenvalue weighted by atomic mass is 15.2. The topological polar surface area (TPSA) is 78.5 Å². The van der Waals surface area contributed by atoms with Gasteiger partial charge in [0.1, 0.15) is 5.82 Å². The van der Waals surface area contributed by atoms with Crippen molar-refractivity contribution in [3.63, 3.8) is 0 Å². The van der Waals surface area contributed by atoms with E-state index in [4.69, 9.17) is 9.97 Å². The van der Waals surface area contributed by atoms with Crippen LogP contribution in [-0.4, -0.2) is 20.2 Å². The minimum atomic E-state index is 0.626. The van der Waals surface area contributed by atoms with Crippen LogP contribution in [0.1, 0.15) is 36.2 Å². The Bertz CT molecular complexity index is 856. The van der Waals surface area contributed by atoms with Gasteiger partial charge in [0.25, 0.3) is 0 Å². The van der Waals surface area contributed by atoms with Gasteiger partial charge in [0.15, 0.2) is 5.82 Å². The molecule has 2 aromatic heterocycles. The van der Waals surface area contributed by atoms with E-state index in [2.05, 4.69) is 20.8 Å². The van der Waals surface area contributed by atoms with E-state index in [1.807, 2.05) is 43.3 Å². The Morgan fingerprint density at radius 3 is 2.60 bits per heavy atom. The SMILES string of the molecule is Cc1cc(Nc2nc(Nc3ccccc3)nc3c2CCCCC3)n[nH]1. The maximum atomic E-state index is 4.79. The second kappa shape index (κ2) is 6.93. The first kappa shape index (κ1) is 15.6. The van der Waals surface area contributed by atoms with Gasteiger partial charge in [-0.05, 0) is 44.7 Å². The summed E-state index contributed by atoms with van der Waals surface area (Å²) >= 11 is 0. The molecule has 0 bridgehead atoms. The summed E-state index contributed by atoms with van der Waals surface area (Å²) in [4.78, 5) is 9.53. The first-order valence-electron chi connectivity index (χ1n) is 8.79. The predicted octanol–water partition coefficient (Wildman–Crippen LogP) is 4.26. The number of fused-ring (bicyclic) bond motifs is 1. The van der Waals surface area contributed by atoms with Gasteiger partial charge >= 0.3 is 0 Å². The molecule has 6 heteroatoms. The predicted molar refractivity (Wildman–Crippen MR) is 99.6 cm³/mol. The zero-order chi connectivity index (χ0) is 17.1. The fraction of sp³-hybridized carbons (Fsp3) is 0.316. The average molecular weight is 334 g/mol. The van der Waals surface area contributed by atoms with Crippen LogP contribution in [0.5, 0.6) is 0 Å². The number of anilines is 4. The lowest BCUT2D eigenvalue weighted by Gasteiger charge is -2.14. The summed E-state index contributed by atoms with van der Waals surface area (Å²) in [6, 6.07) is 12.0. The Hall–Kier alpha value is -2.89. The monoisotopic (exact) mass is 334 g/mol. The normalized spacial score (nSPS) is 13.8. The van der Waals surface area contributed by atoms with Crippen molar-refractivity contribution in [3.05, 3.63) is 53.3 Å². The minimum absolute atomic E-state index is 0.626. The molecule has 0 saturated heterocycles. The fourth-order valence-electron chi connectivity index (χ4n) is 3.18. The molecule has 0 aliphatic heterocycles. The molecule has 3 aromatic rings. The first-order valence-corrected chi connectivity index (χ1v) is 8.79. The van der Waals surface area contributed by atoms with Crippen LogP contribution >= 0.6 is 0 Å². The molecule has 1 aliphatic carbocycles. The number of aromatic amines is 1. The van der Waals surface area contributed by atoms with Crippen LogP contribution in [0.25, 0.3) is 0 Å². The lowest BCUT2D eigenvalue weighted by atomic mass is 10.1. The van der Waals surface area contributed by atoms with Crippen LogP contribution in [0.15, 0.2) is 36.4 Å². The molecular formula is C19H22N6. The van der Waals surface area contributed by atoms with Crippen LogP contribution in [0.3, 0.4) is 0 Å². The summed E-state index contributed by atoms with van der Waals surface area (Å²) in [7, 11) is 0. The van der Waals surface area contributed by atoms with E-state index in [9.17, 15) is 0 Å². The Morgan fingerprint density at radius 1 is 0.960 bits per heavy atom. The minimum Gasteiger partial charge on any atom is -0.324 e. The molecule has 0 spiro atoms. The van der Waals surface area contributed by atoms with Crippen molar-refractivity contribution in [2.24, 2.45) is 0 Å². The van der Waals surface area contributed by atoms with Crippen molar-refractivity contribution < 1.29 is 0 Å². The van der Waals surface area contributed by atoms with E-state index in [1.54, 1.807) is 0 Å². The number of hydrogen-bond acceptors (Lipinski definition) is 5. The third kappa shape index (κ3) is 3.63. The van der Waals surface area contributed by atoms with Gasteiger partial charge in [-0.1, -0.05) is 24.6 Å². The number of aryl methyl sites for hydroxylation is 2. The van der Waals surface area contributed by atoms with Crippen molar-refractivity contribution >= 4 is 23.3 Å². The number of para-hydroxylation sites is 1. The molecule has 0 atom stereocenters. The molecule has 2 heterocycles. The van der Waals surface area contributed by atoms with Crippen LogP contribution < -0.4 is 10.6 Å². The Labute approximate surface area is 147 Å². The number of benzene rings is 1. The Balaban J connectivity index is 1.70. The molecule has 1 aliphatic rings. The highest BCUT2D eigenvalue weighted by molar-refractivity contribution is 5.62. The van der Waals surface area contributed by atoms with Gasteiger partial charge in [-0.3, -0.25) is 5.10 Å². The van der Waals surface area contributed by atoms with E-state index in [1.165, 1.54) is 24.8 Å². The van der Waals surface area contributed by atoms with Gasteiger partial charge in [0, 0.05) is 23.0 Å². The summed E-state index contributed by atoms with van der Waals surface area (Å²) in [5, 5.41) is 13.9. The second-order valence-corrected chi connectivity index (χ2v) is 6.43. The van der Waals surface area contributed by atoms with Crippen molar-refractivity contribution in [1.82, 2.24) is 20.2 Å². The number of hydrogen-bond donors (Lipinski definition) is 3. The molecule has 0 fully saturated rings. The summed E-state index contributed by atoms with van der Waals surface area (Å²) in [5.41, 5.74) is 4.36. The lowest BCUT2D eigenvalue weighted by molar-refractivity contribution is 0.709. The molecule has 4 rings (SSSR count). The van der Waals surface area contributed by atoms with E-state index < -0.39 is 0 Å². The molecule has 6 nitrogen and oxygen atoms in total. The first-order chi connectivity index (χ1) is 12.3. The van der Waals surface area contributed by atoms with E-state index >= 15 is 0 Å². The summed E-state index contributed by atoms with van der Waals surface area (Å²) in [5.74, 6) is 2.27. The van der Waals surface area contributed by atoms with Crippen molar-refractivity contribution in [3.8, 4) is 0 Å². The van der Waals surface area contributed by atoms with Gasteiger partial charge in [0.2, 0.25) is 5.95 Å². The maximum absolute atomic E-state index is 4.79.